The van der Waals surface area contributed by atoms with E-state index in [0.29, 0.717) is 13.2 Å². The van der Waals surface area contributed by atoms with E-state index in [0.717, 1.165) is 0 Å². The average Bonchev–Trinajstić information content (AvgIpc) is 2.62. The third kappa shape index (κ3) is 2.38. The Kier molecular flexibility index (Phi) is 2.80. The average molecular weight is 190 g/mol. The Morgan fingerprint density at radius 3 is 1.69 bits per heavy atom. The van der Waals surface area contributed by atoms with Gasteiger partial charge in [-0.2, -0.15) is 0 Å². The van der Waals surface area contributed by atoms with Crippen molar-refractivity contribution in [2.24, 2.45) is 0 Å². The molecule has 5 nitrogen and oxygen atoms in total. The van der Waals surface area contributed by atoms with Crippen LogP contribution in [0.3, 0.4) is 0 Å². The Morgan fingerprint density at radius 1 is 0.923 bits per heavy atom. The van der Waals surface area contributed by atoms with Crippen LogP contribution < -0.4 is 0 Å². The summed E-state index contributed by atoms with van der Waals surface area (Å²) in [7, 11) is 0. The fraction of sp³-hybridized carbons (Fsp3) is 1.00. The molecular weight excluding hydrogens is 176 g/mol. The van der Waals surface area contributed by atoms with Crippen molar-refractivity contribution in [3.63, 3.8) is 0 Å². The lowest BCUT2D eigenvalue weighted by Crippen LogP contribution is -2.25. The molecule has 4 atom stereocenters. The fourth-order valence-electron chi connectivity index (χ4n) is 1.32. The summed E-state index contributed by atoms with van der Waals surface area (Å²) in [6, 6.07) is 0. The molecule has 5 heteroatoms. The summed E-state index contributed by atoms with van der Waals surface area (Å²) in [6.45, 7) is 4.57. The van der Waals surface area contributed by atoms with E-state index in [-0.39, 0.29) is 25.2 Å². The first-order chi connectivity index (χ1) is 6.24. The van der Waals surface area contributed by atoms with Crippen molar-refractivity contribution >= 4 is 0 Å². The van der Waals surface area contributed by atoms with Crippen molar-refractivity contribution < 1.29 is 23.7 Å². The molecule has 0 aromatic rings. The van der Waals surface area contributed by atoms with E-state index in [1.54, 1.807) is 0 Å². The van der Waals surface area contributed by atoms with E-state index in [2.05, 4.69) is 0 Å². The fourth-order valence-corrected chi connectivity index (χ4v) is 1.32. The summed E-state index contributed by atoms with van der Waals surface area (Å²) in [5, 5.41) is 0. The van der Waals surface area contributed by atoms with Gasteiger partial charge in [0.05, 0.1) is 0 Å². The summed E-state index contributed by atoms with van der Waals surface area (Å²) in [6.07, 6.45) is -1.03. The van der Waals surface area contributed by atoms with Gasteiger partial charge in [-0.05, 0) is 13.8 Å². The number of ether oxygens (including phenoxy) is 5. The molecule has 76 valence electrons. The molecule has 0 saturated carbocycles. The van der Waals surface area contributed by atoms with E-state index >= 15 is 0 Å². The SMILES string of the molecule is CC1OCC(OC2COC(C)O2)O1. The maximum absolute atomic E-state index is 5.42. The van der Waals surface area contributed by atoms with Gasteiger partial charge in [0.15, 0.2) is 25.2 Å². The number of hydrogen-bond donors (Lipinski definition) is 0. The van der Waals surface area contributed by atoms with Crippen LogP contribution in [0, 0.1) is 0 Å². The first kappa shape index (κ1) is 9.36. The van der Waals surface area contributed by atoms with Gasteiger partial charge in [-0.1, -0.05) is 0 Å². The highest BCUT2D eigenvalue weighted by Gasteiger charge is 2.30. The predicted molar refractivity (Wildman–Crippen MR) is 41.7 cm³/mol. The highest BCUT2D eigenvalue weighted by molar-refractivity contribution is 4.57. The van der Waals surface area contributed by atoms with Crippen LogP contribution in [-0.2, 0) is 23.7 Å². The van der Waals surface area contributed by atoms with Gasteiger partial charge in [-0.15, -0.1) is 0 Å². The highest BCUT2D eigenvalue weighted by atomic mass is 16.9. The predicted octanol–water partition coefficient (Wildman–Crippen LogP) is 0.441. The standard InChI is InChI=1S/C8H14O5/c1-5-9-3-7(11-5)13-8-4-10-6(2)12-8/h5-8H,3-4H2,1-2H3. The van der Waals surface area contributed by atoms with Crippen LogP contribution in [0.4, 0.5) is 0 Å². The third-order valence-corrected chi connectivity index (χ3v) is 1.92. The Bertz CT molecular complexity index is 156. The summed E-state index contributed by atoms with van der Waals surface area (Å²) in [5.74, 6) is 0. The topological polar surface area (TPSA) is 46.2 Å². The van der Waals surface area contributed by atoms with Crippen LogP contribution >= 0.6 is 0 Å². The van der Waals surface area contributed by atoms with Crippen LogP contribution in [-0.4, -0.2) is 38.4 Å². The van der Waals surface area contributed by atoms with Gasteiger partial charge in [0.2, 0.25) is 0 Å². The van der Waals surface area contributed by atoms with Gasteiger partial charge in [-0.3, -0.25) is 0 Å². The maximum Gasteiger partial charge on any atom is 0.187 e. The lowest BCUT2D eigenvalue weighted by atomic mass is 10.6. The molecule has 0 aromatic heterocycles. The van der Waals surface area contributed by atoms with E-state index in [4.69, 9.17) is 23.7 Å². The first-order valence-corrected chi connectivity index (χ1v) is 4.43. The summed E-state index contributed by atoms with van der Waals surface area (Å²) in [4.78, 5) is 0. The van der Waals surface area contributed by atoms with Crippen LogP contribution in [0.25, 0.3) is 0 Å². The second kappa shape index (κ2) is 3.89. The monoisotopic (exact) mass is 190 g/mol. The Balaban J connectivity index is 1.72. The van der Waals surface area contributed by atoms with Crippen molar-refractivity contribution in [3.05, 3.63) is 0 Å². The number of hydrogen-bond acceptors (Lipinski definition) is 5. The van der Waals surface area contributed by atoms with Gasteiger partial charge in [0.25, 0.3) is 0 Å². The van der Waals surface area contributed by atoms with Crippen LogP contribution in [0.15, 0.2) is 0 Å². The minimum Gasteiger partial charge on any atom is -0.348 e. The van der Waals surface area contributed by atoms with Gasteiger partial charge in [-0.25, -0.2) is 0 Å². The molecule has 0 radical (unpaired) electrons. The molecule has 2 saturated heterocycles. The molecule has 0 aliphatic carbocycles. The van der Waals surface area contributed by atoms with Crippen molar-refractivity contribution in [3.8, 4) is 0 Å². The molecule has 2 aliphatic rings. The Labute approximate surface area is 76.8 Å². The van der Waals surface area contributed by atoms with E-state index in [9.17, 15) is 0 Å². The lowest BCUT2D eigenvalue weighted by Gasteiger charge is -2.14. The molecule has 0 N–H and O–H groups in total. The molecule has 0 amide bonds. The normalized spacial score (nSPS) is 45.7. The van der Waals surface area contributed by atoms with Gasteiger partial charge < -0.3 is 23.7 Å². The first-order valence-electron chi connectivity index (χ1n) is 4.43. The molecule has 2 heterocycles. The molecule has 2 aliphatic heterocycles. The Morgan fingerprint density at radius 2 is 1.38 bits per heavy atom. The summed E-state index contributed by atoms with van der Waals surface area (Å²) in [5.41, 5.74) is 0. The van der Waals surface area contributed by atoms with E-state index in [1.165, 1.54) is 0 Å². The summed E-state index contributed by atoms with van der Waals surface area (Å²) >= 11 is 0. The van der Waals surface area contributed by atoms with Crippen LogP contribution in [0.1, 0.15) is 13.8 Å². The Hall–Kier alpha value is -0.200. The smallest absolute Gasteiger partial charge is 0.187 e. The minimum atomic E-state index is -0.325. The quantitative estimate of drug-likeness (QED) is 0.632. The molecule has 2 fully saturated rings. The largest absolute Gasteiger partial charge is 0.348 e. The van der Waals surface area contributed by atoms with Crippen LogP contribution in [0.5, 0.6) is 0 Å². The maximum atomic E-state index is 5.42. The van der Waals surface area contributed by atoms with Crippen LogP contribution in [0.2, 0.25) is 0 Å². The van der Waals surface area contributed by atoms with Gasteiger partial charge in [0, 0.05) is 0 Å². The molecule has 13 heavy (non-hydrogen) atoms. The summed E-state index contributed by atoms with van der Waals surface area (Å²) < 4.78 is 26.3. The molecule has 4 unspecified atom stereocenters. The lowest BCUT2D eigenvalue weighted by molar-refractivity contribution is -0.225. The van der Waals surface area contributed by atoms with E-state index in [1.807, 2.05) is 13.8 Å². The zero-order valence-electron chi connectivity index (χ0n) is 7.76. The van der Waals surface area contributed by atoms with E-state index < -0.39 is 0 Å². The molecule has 0 spiro atoms. The second-order valence-electron chi connectivity index (χ2n) is 3.07. The van der Waals surface area contributed by atoms with Crippen molar-refractivity contribution in [1.82, 2.24) is 0 Å². The van der Waals surface area contributed by atoms with Gasteiger partial charge in [0.1, 0.15) is 13.2 Å². The molecule has 2 rings (SSSR count). The minimum absolute atomic E-state index is 0.190. The van der Waals surface area contributed by atoms with Crippen molar-refractivity contribution in [2.75, 3.05) is 13.2 Å². The zero-order valence-corrected chi connectivity index (χ0v) is 7.76. The van der Waals surface area contributed by atoms with Crippen molar-refractivity contribution in [1.29, 1.82) is 0 Å². The highest BCUT2D eigenvalue weighted by Crippen LogP contribution is 2.18. The molecule has 0 aromatic carbocycles. The number of rotatable bonds is 2. The second-order valence-corrected chi connectivity index (χ2v) is 3.07. The zero-order chi connectivity index (χ0) is 9.26. The van der Waals surface area contributed by atoms with Gasteiger partial charge >= 0.3 is 0 Å². The molecule has 0 bridgehead atoms. The van der Waals surface area contributed by atoms with Crippen molar-refractivity contribution in [2.45, 2.75) is 39.0 Å². The molecular formula is C8H14O5. The third-order valence-electron chi connectivity index (χ3n) is 1.92.